The van der Waals surface area contributed by atoms with Crippen LogP contribution < -0.4 is 5.32 Å². The molecule has 1 rings (SSSR count). The van der Waals surface area contributed by atoms with E-state index in [1.165, 1.54) is 6.92 Å². The van der Waals surface area contributed by atoms with E-state index in [2.05, 4.69) is 5.32 Å². The van der Waals surface area contributed by atoms with Crippen LogP contribution >= 0.6 is 11.8 Å². The summed E-state index contributed by atoms with van der Waals surface area (Å²) in [5.41, 5.74) is 0.900. The van der Waals surface area contributed by atoms with E-state index in [4.69, 9.17) is 0 Å². The van der Waals surface area contributed by atoms with Crippen LogP contribution in [0.4, 0.5) is 0 Å². The maximum atomic E-state index is 11.6. The highest BCUT2D eigenvalue weighted by Crippen LogP contribution is 2.05. The number of ketones is 1. The maximum Gasteiger partial charge on any atom is 0.321 e. The summed E-state index contributed by atoms with van der Waals surface area (Å²) in [5.74, 6) is -0.639. The second kappa shape index (κ2) is 9.31. The lowest BCUT2D eigenvalue weighted by atomic mass is 10.1. The molecule has 0 aliphatic heterocycles. The van der Waals surface area contributed by atoms with Gasteiger partial charge in [-0.2, -0.15) is 0 Å². The van der Waals surface area contributed by atoms with Gasteiger partial charge in [-0.05, 0) is 12.0 Å². The third kappa shape index (κ3) is 7.63. The Hall–Kier alpha value is -1.66. The van der Waals surface area contributed by atoms with E-state index in [0.717, 1.165) is 17.3 Å². The molecule has 1 aromatic carbocycles. The Morgan fingerprint density at radius 3 is 2.48 bits per heavy atom. The fraction of sp³-hybridized carbons (Fsp3) is 0.400. The van der Waals surface area contributed by atoms with Gasteiger partial charge in [-0.1, -0.05) is 42.1 Å². The quantitative estimate of drug-likeness (QED) is 0.719. The number of aliphatic carboxylic acids is 1. The number of carbonyl (C=O) groups excluding carboxylic acids is 2. The molecule has 0 amide bonds. The summed E-state index contributed by atoms with van der Waals surface area (Å²) in [6.07, 6.45) is 0.584. The van der Waals surface area contributed by atoms with Crippen LogP contribution in [0.5, 0.6) is 0 Å². The summed E-state index contributed by atoms with van der Waals surface area (Å²) in [7, 11) is 0. The molecular formula is C15H19NO4S. The minimum Gasteiger partial charge on any atom is -0.480 e. The van der Waals surface area contributed by atoms with E-state index in [-0.39, 0.29) is 23.9 Å². The molecule has 1 aromatic rings. The van der Waals surface area contributed by atoms with Gasteiger partial charge in [0.1, 0.15) is 11.8 Å². The number of hydrogen-bond acceptors (Lipinski definition) is 5. The van der Waals surface area contributed by atoms with Gasteiger partial charge in [0.05, 0.1) is 6.54 Å². The van der Waals surface area contributed by atoms with Crippen molar-refractivity contribution in [3.05, 3.63) is 35.9 Å². The van der Waals surface area contributed by atoms with Crippen molar-refractivity contribution in [1.82, 2.24) is 5.32 Å². The normalized spacial score (nSPS) is 11.9. The van der Waals surface area contributed by atoms with E-state index in [1.54, 1.807) is 0 Å². The van der Waals surface area contributed by atoms with Gasteiger partial charge in [-0.3, -0.25) is 19.7 Å². The molecule has 0 aliphatic rings. The monoisotopic (exact) mass is 309 g/mol. The van der Waals surface area contributed by atoms with Gasteiger partial charge in [-0.15, -0.1) is 0 Å². The van der Waals surface area contributed by atoms with Gasteiger partial charge in [-0.25, -0.2) is 0 Å². The largest absolute Gasteiger partial charge is 0.480 e. The van der Waals surface area contributed by atoms with Crippen molar-refractivity contribution >= 4 is 28.6 Å². The van der Waals surface area contributed by atoms with Crippen LogP contribution in [-0.4, -0.2) is 40.3 Å². The van der Waals surface area contributed by atoms with Crippen LogP contribution in [-0.2, 0) is 20.8 Å². The first-order valence-corrected chi connectivity index (χ1v) is 7.62. The zero-order valence-electron chi connectivity index (χ0n) is 11.9. The smallest absolute Gasteiger partial charge is 0.321 e. The molecule has 0 unspecified atom stereocenters. The van der Waals surface area contributed by atoms with Crippen LogP contribution in [0.15, 0.2) is 30.3 Å². The number of carboxylic acid groups (broad SMARTS) is 1. The van der Waals surface area contributed by atoms with E-state index >= 15 is 0 Å². The van der Waals surface area contributed by atoms with Crippen LogP contribution in [0.25, 0.3) is 0 Å². The molecule has 0 spiro atoms. The molecule has 5 nitrogen and oxygen atoms in total. The van der Waals surface area contributed by atoms with Crippen molar-refractivity contribution < 1.29 is 19.5 Å². The predicted octanol–water partition coefficient (Wildman–Crippen LogP) is 1.51. The fourth-order valence-electron chi connectivity index (χ4n) is 1.73. The molecule has 1 atom stereocenters. The third-order valence-corrected chi connectivity index (χ3v) is 3.63. The third-order valence-electron chi connectivity index (χ3n) is 2.81. The molecule has 0 saturated heterocycles. The Labute approximate surface area is 128 Å². The highest BCUT2D eigenvalue weighted by molar-refractivity contribution is 8.13. The lowest BCUT2D eigenvalue weighted by Gasteiger charge is -2.14. The number of carbonyl (C=O) groups is 3. The zero-order chi connectivity index (χ0) is 15.7. The van der Waals surface area contributed by atoms with E-state index in [9.17, 15) is 19.5 Å². The molecule has 0 fully saturated rings. The summed E-state index contributed by atoms with van der Waals surface area (Å²) in [6, 6.07) is 8.46. The Kier molecular flexibility index (Phi) is 7.71. The lowest BCUT2D eigenvalue weighted by Crippen LogP contribution is -2.41. The molecule has 0 radical (unpaired) electrons. The first-order valence-electron chi connectivity index (χ1n) is 6.64. The van der Waals surface area contributed by atoms with E-state index in [1.807, 2.05) is 30.3 Å². The van der Waals surface area contributed by atoms with Gasteiger partial charge in [0.2, 0.25) is 0 Å². The number of carboxylic acids is 1. The molecule has 21 heavy (non-hydrogen) atoms. The number of nitrogens with one attached hydrogen (secondary N) is 1. The molecule has 0 saturated carbocycles. The topological polar surface area (TPSA) is 83.5 Å². The number of hydrogen-bond donors (Lipinski definition) is 2. The van der Waals surface area contributed by atoms with Crippen molar-refractivity contribution in [2.45, 2.75) is 25.8 Å². The average molecular weight is 309 g/mol. The standard InChI is InChI=1S/C15H19NO4S/c1-11(17)21-8-7-13(18)10-16-14(15(19)20)9-12-5-3-2-4-6-12/h2-6,14,16H,7-10H2,1H3,(H,19,20)/t14-/m0/s1. The molecular weight excluding hydrogens is 290 g/mol. The molecule has 0 aromatic heterocycles. The van der Waals surface area contributed by atoms with Crippen LogP contribution in [0.1, 0.15) is 18.9 Å². The number of thioether (sulfide) groups is 1. The van der Waals surface area contributed by atoms with Crippen LogP contribution in [0.3, 0.4) is 0 Å². The average Bonchev–Trinajstić information content (AvgIpc) is 2.43. The van der Waals surface area contributed by atoms with Crippen molar-refractivity contribution in [3.63, 3.8) is 0 Å². The van der Waals surface area contributed by atoms with Gasteiger partial charge in [0.15, 0.2) is 5.12 Å². The van der Waals surface area contributed by atoms with Gasteiger partial charge < -0.3 is 5.11 Å². The molecule has 2 N–H and O–H groups in total. The Morgan fingerprint density at radius 2 is 1.90 bits per heavy atom. The lowest BCUT2D eigenvalue weighted by molar-refractivity contribution is -0.139. The SMILES string of the molecule is CC(=O)SCCC(=O)CN[C@@H](Cc1ccccc1)C(=O)O. The zero-order valence-corrected chi connectivity index (χ0v) is 12.7. The highest BCUT2D eigenvalue weighted by atomic mass is 32.2. The second-order valence-electron chi connectivity index (χ2n) is 4.59. The van der Waals surface area contributed by atoms with Crippen molar-refractivity contribution in [2.24, 2.45) is 0 Å². The summed E-state index contributed by atoms with van der Waals surface area (Å²) in [6.45, 7) is 1.45. The predicted molar refractivity (Wildman–Crippen MR) is 82.3 cm³/mol. The number of rotatable bonds is 9. The maximum absolute atomic E-state index is 11.6. The van der Waals surface area contributed by atoms with Crippen LogP contribution in [0, 0.1) is 0 Å². The minimum absolute atomic E-state index is 0.00225. The summed E-state index contributed by atoms with van der Waals surface area (Å²) in [4.78, 5) is 33.6. The Balaban J connectivity index is 2.39. The summed E-state index contributed by atoms with van der Waals surface area (Å²) < 4.78 is 0. The molecule has 0 bridgehead atoms. The van der Waals surface area contributed by atoms with Crippen LogP contribution in [0.2, 0.25) is 0 Å². The summed E-state index contributed by atoms with van der Waals surface area (Å²) >= 11 is 1.10. The van der Waals surface area contributed by atoms with Crippen molar-refractivity contribution in [3.8, 4) is 0 Å². The molecule has 114 valence electrons. The van der Waals surface area contributed by atoms with Crippen molar-refractivity contribution in [1.29, 1.82) is 0 Å². The number of Topliss-reactive ketones (excluding diaryl/α,β-unsaturated/α-hetero) is 1. The Morgan fingerprint density at radius 1 is 1.24 bits per heavy atom. The second-order valence-corrected chi connectivity index (χ2v) is 5.86. The van der Waals surface area contributed by atoms with E-state index < -0.39 is 12.0 Å². The molecule has 0 aliphatic carbocycles. The number of benzene rings is 1. The highest BCUT2D eigenvalue weighted by Gasteiger charge is 2.18. The summed E-state index contributed by atoms with van der Waals surface area (Å²) in [5, 5.41) is 11.9. The first kappa shape index (κ1) is 17.4. The Bertz CT molecular complexity index is 490. The van der Waals surface area contributed by atoms with E-state index in [0.29, 0.717) is 12.2 Å². The fourth-order valence-corrected chi connectivity index (χ4v) is 2.35. The molecule has 6 heteroatoms. The van der Waals surface area contributed by atoms with Crippen molar-refractivity contribution in [2.75, 3.05) is 12.3 Å². The van der Waals surface area contributed by atoms with Gasteiger partial charge in [0, 0.05) is 19.1 Å². The minimum atomic E-state index is -0.982. The first-order chi connectivity index (χ1) is 9.99. The molecule has 0 heterocycles. The van der Waals surface area contributed by atoms with Gasteiger partial charge >= 0.3 is 5.97 Å². The van der Waals surface area contributed by atoms with Gasteiger partial charge in [0.25, 0.3) is 0 Å².